The van der Waals surface area contributed by atoms with Crippen LogP contribution >= 0.6 is 0 Å². The quantitative estimate of drug-likeness (QED) is 0.171. The molecule has 0 nitrogen and oxygen atoms in total. The Morgan fingerprint density at radius 2 is 1.02 bits per heavy atom. The SMILES string of the molecule is CCC[SiH]=[Hf]([CH3])([CH3])([CH]1C=Cc2c(-c3cccc(C(C)(C)C)c3)cccc21)[CH]1C=Cc2c(-c3cccc(C(C)(C)C)c3)cccc21. The molecule has 0 radical (unpaired) electrons. The van der Waals surface area contributed by atoms with Gasteiger partial charge in [0, 0.05) is 0 Å². The van der Waals surface area contributed by atoms with Gasteiger partial charge in [-0.1, -0.05) is 0 Å². The molecular weight excluding hydrogens is 723 g/mol. The molecule has 0 saturated carbocycles. The summed E-state index contributed by atoms with van der Waals surface area (Å²) >= 11 is -3.70. The molecule has 232 valence electrons. The number of allylic oxidation sites excluding steroid dienone is 2. The van der Waals surface area contributed by atoms with Gasteiger partial charge in [0.1, 0.15) is 0 Å². The second kappa shape index (κ2) is 11.6. The van der Waals surface area contributed by atoms with Crippen molar-refractivity contribution in [2.24, 2.45) is 0 Å². The molecule has 6 rings (SSSR count). The number of hydrogen-bond donors (Lipinski definition) is 0. The van der Waals surface area contributed by atoms with Gasteiger partial charge in [-0.15, -0.1) is 0 Å². The van der Waals surface area contributed by atoms with Gasteiger partial charge in [-0.05, 0) is 0 Å². The van der Waals surface area contributed by atoms with Gasteiger partial charge in [0.2, 0.25) is 0 Å². The first-order chi connectivity index (χ1) is 21.2. The zero-order valence-electron chi connectivity index (χ0n) is 29.0. The van der Waals surface area contributed by atoms with E-state index in [1.54, 1.807) is 11.1 Å². The Kier molecular flexibility index (Phi) is 8.35. The zero-order valence-corrected chi connectivity index (χ0v) is 33.8. The molecule has 2 aliphatic rings. The van der Waals surface area contributed by atoms with Crippen molar-refractivity contribution < 1.29 is 17.1 Å². The van der Waals surface area contributed by atoms with Crippen molar-refractivity contribution in [2.45, 2.75) is 88.5 Å². The van der Waals surface area contributed by atoms with Gasteiger partial charge in [-0.3, -0.25) is 0 Å². The van der Waals surface area contributed by atoms with Gasteiger partial charge in [0.25, 0.3) is 0 Å². The maximum absolute atomic E-state index is 3.70. The third kappa shape index (κ3) is 5.80. The minimum atomic E-state index is -3.70. The van der Waals surface area contributed by atoms with Crippen molar-refractivity contribution >= 4 is 18.4 Å². The Balaban J connectivity index is 1.47. The molecule has 0 amide bonds. The molecule has 2 unspecified atom stereocenters. The minimum absolute atomic E-state index is 0.133. The molecule has 0 bridgehead atoms. The van der Waals surface area contributed by atoms with Crippen LogP contribution in [0.5, 0.6) is 0 Å². The summed E-state index contributed by atoms with van der Waals surface area (Å²) in [5, 5.41) is 0. The predicted octanol–water partition coefficient (Wildman–Crippen LogP) is 12.4. The molecule has 0 heterocycles. The van der Waals surface area contributed by atoms with Crippen LogP contribution in [0.3, 0.4) is 0 Å². The normalized spacial score (nSPS) is 17.8. The number of hydrogen-bond acceptors (Lipinski definition) is 0. The first-order valence-electron chi connectivity index (χ1n) is 17.1. The van der Waals surface area contributed by atoms with Crippen LogP contribution in [0.4, 0.5) is 0 Å². The Labute approximate surface area is 275 Å². The van der Waals surface area contributed by atoms with Crippen LogP contribution in [0, 0.1) is 0 Å². The van der Waals surface area contributed by atoms with Gasteiger partial charge in [-0.2, -0.15) is 0 Å². The summed E-state index contributed by atoms with van der Waals surface area (Å²) in [6, 6.07) is 34.2. The van der Waals surface area contributed by atoms with Gasteiger partial charge >= 0.3 is 277 Å². The maximum atomic E-state index is 2.84. The Morgan fingerprint density at radius 3 is 1.42 bits per heavy atom. The monoisotopic (exact) mass is 776 g/mol. The second-order valence-corrected chi connectivity index (χ2v) is 61.1. The molecule has 0 N–H and O–H groups in total. The molecular formula is C43H52HfSi. The zero-order chi connectivity index (χ0) is 32.2. The second-order valence-electron chi connectivity index (χ2n) is 16.7. The van der Waals surface area contributed by atoms with Crippen LogP contribution in [0.1, 0.15) is 95.6 Å². The molecule has 2 heteroatoms. The third-order valence-corrected chi connectivity index (χ3v) is 53.7. The van der Waals surface area contributed by atoms with E-state index in [0.717, 1.165) is 0 Å². The van der Waals surface area contributed by atoms with E-state index in [0.29, 0.717) is 13.6 Å². The van der Waals surface area contributed by atoms with Crippen LogP contribution in [0.25, 0.3) is 34.4 Å². The standard InChI is InChI=1S/2C19H19.C3H8Si.2CH3.Hf/c2*1-19(2,3)16-10-4-9-15(13-16)18-12-6-8-14-7-5-11-17(14)18;1-2-3-4;;;/h2*4-13H,1-3H3;4H,2-3H2,1H3;2*1H3;. The summed E-state index contributed by atoms with van der Waals surface area (Å²) in [4.78, 5) is 0. The Bertz CT molecular complexity index is 1770. The van der Waals surface area contributed by atoms with Crippen molar-refractivity contribution in [1.82, 2.24) is 0 Å². The molecule has 4 aromatic rings. The molecule has 0 fully saturated rings. The fraction of sp³-hybridized carbons (Fsp3) is 0.349. The summed E-state index contributed by atoms with van der Waals surface area (Å²) in [5.74, 6) is 0. The van der Waals surface area contributed by atoms with E-state index in [1.165, 1.54) is 57.0 Å². The van der Waals surface area contributed by atoms with E-state index in [1.807, 2.05) is 0 Å². The predicted molar refractivity (Wildman–Crippen MR) is 199 cm³/mol. The van der Waals surface area contributed by atoms with E-state index in [2.05, 4.69) is 167 Å². The van der Waals surface area contributed by atoms with Crippen LogP contribution in [0.2, 0.25) is 15.4 Å². The average molecular weight is 775 g/mol. The van der Waals surface area contributed by atoms with E-state index in [-0.39, 0.29) is 10.8 Å². The van der Waals surface area contributed by atoms with Gasteiger partial charge in [-0.25, -0.2) is 0 Å². The summed E-state index contributed by atoms with van der Waals surface area (Å²) < 4.78 is 6.82. The van der Waals surface area contributed by atoms with Crippen molar-refractivity contribution in [3.63, 3.8) is 0 Å². The Hall–Kier alpha value is -2.55. The molecule has 2 atom stereocenters. The topological polar surface area (TPSA) is 0 Å². The van der Waals surface area contributed by atoms with Crippen LogP contribution in [0.15, 0.2) is 97.1 Å². The first kappa shape index (κ1) is 32.4. The molecule has 0 spiro atoms. The molecule has 0 aliphatic heterocycles. The summed E-state index contributed by atoms with van der Waals surface area (Å²) in [6.07, 6.45) is 12.0. The summed E-state index contributed by atoms with van der Waals surface area (Å²) in [6.45, 7) is 16.3. The third-order valence-electron chi connectivity index (χ3n) is 11.0. The van der Waals surface area contributed by atoms with Gasteiger partial charge < -0.3 is 0 Å². The Morgan fingerprint density at radius 1 is 0.600 bits per heavy atom. The van der Waals surface area contributed by atoms with E-state index < -0.39 is 17.1 Å². The molecule has 0 saturated heterocycles. The fourth-order valence-corrected chi connectivity index (χ4v) is 48.3. The van der Waals surface area contributed by atoms with Crippen molar-refractivity contribution in [2.75, 3.05) is 0 Å². The number of rotatable bonds is 6. The first-order valence-corrected chi connectivity index (χ1v) is 36.1. The molecule has 4 aromatic carbocycles. The van der Waals surface area contributed by atoms with Gasteiger partial charge in [0.05, 0.1) is 0 Å². The van der Waals surface area contributed by atoms with Crippen molar-refractivity contribution in [3.05, 3.63) is 130 Å². The van der Waals surface area contributed by atoms with Crippen molar-refractivity contribution in [1.29, 1.82) is 0 Å². The summed E-state index contributed by atoms with van der Waals surface area (Å²) in [7, 11) is 0. The van der Waals surface area contributed by atoms with Crippen LogP contribution < -0.4 is 0 Å². The van der Waals surface area contributed by atoms with Crippen LogP contribution in [-0.4, -0.2) is 6.22 Å². The van der Waals surface area contributed by atoms with E-state index >= 15 is 0 Å². The average Bonchev–Trinajstić information content (AvgIpc) is 3.66. The van der Waals surface area contributed by atoms with Crippen LogP contribution in [-0.2, 0) is 28.0 Å². The van der Waals surface area contributed by atoms with E-state index in [4.69, 9.17) is 0 Å². The molecule has 0 aromatic heterocycles. The van der Waals surface area contributed by atoms with Gasteiger partial charge in [0.15, 0.2) is 0 Å². The molecule has 2 aliphatic carbocycles. The molecule has 45 heavy (non-hydrogen) atoms. The number of fused-ring (bicyclic) bond motifs is 2. The van der Waals surface area contributed by atoms with E-state index in [9.17, 15) is 0 Å². The van der Waals surface area contributed by atoms with Crippen molar-refractivity contribution in [3.8, 4) is 22.3 Å². The number of benzene rings is 4. The fourth-order valence-electron chi connectivity index (χ4n) is 8.12. The summed E-state index contributed by atoms with van der Waals surface area (Å²) in [5.41, 5.74) is 14.7.